The zero-order valence-electron chi connectivity index (χ0n) is 12.3. The van der Waals surface area contributed by atoms with Crippen molar-refractivity contribution in [3.8, 4) is 0 Å². The molecule has 20 heavy (non-hydrogen) atoms. The van der Waals surface area contributed by atoms with Gasteiger partial charge in [-0.25, -0.2) is 4.89 Å². The van der Waals surface area contributed by atoms with Crippen molar-refractivity contribution in [2.24, 2.45) is 0 Å². The Hall–Kier alpha value is -1.42. The number of hydrogen-bond acceptors (Lipinski definition) is 3. The molecule has 1 heterocycles. The van der Waals surface area contributed by atoms with Crippen molar-refractivity contribution in [2.45, 2.75) is 45.2 Å². The molecule has 1 aromatic carbocycles. The summed E-state index contributed by atoms with van der Waals surface area (Å²) in [6.07, 6.45) is 8.44. The van der Waals surface area contributed by atoms with E-state index in [0.29, 0.717) is 0 Å². The van der Waals surface area contributed by atoms with Crippen LogP contribution in [0, 0.1) is 0 Å². The van der Waals surface area contributed by atoms with Gasteiger partial charge in [-0.05, 0) is 38.8 Å². The number of hydrogen-bond donors (Lipinski definition) is 0. The van der Waals surface area contributed by atoms with Crippen LogP contribution >= 0.6 is 0 Å². The summed E-state index contributed by atoms with van der Waals surface area (Å²) in [5, 5.41) is 0. The van der Waals surface area contributed by atoms with Crippen LogP contribution in [0.1, 0.15) is 32.8 Å². The number of ether oxygens (including phenoxy) is 1. The Bertz CT molecular complexity index is 457. The van der Waals surface area contributed by atoms with E-state index in [2.05, 4.69) is 24.3 Å². The minimum absolute atomic E-state index is 0.00812. The van der Waals surface area contributed by atoms with E-state index in [9.17, 15) is 0 Å². The molecule has 108 valence electrons. The van der Waals surface area contributed by atoms with Crippen molar-refractivity contribution in [1.29, 1.82) is 0 Å². The topological polar surface area (TPSA) is 27.7 Å². The fraction of sp³-hybridized carbons (Fsp3) is 0.412. The molecule has 2 rings (SSSR count). The SMILES string of the molecule is CC(C)(C)OOC1C=CCC(/C=C\c2ccccc2)O1. The van der Waals surface area contributed by atoms with Gasteiger partial charge >= 0.3 is 0 Å². The average molecular weight is 274 g/mol. The molecule has 0 N–H and O–H groups in total. The summed E-state index contributed by atoms with van der Waals surface area (Å²) in [7, 11) is 0. The summed E-state index contributed by atoms with van der Waals surface area (Å²) in [6, 6.07) is 10.2. The lowest BCUT2D eigenvalue weighted by Crippen LogP contribution is -2.29. The van der Waals surface area contributed by atoms with E-state index < -0.39 is 6.29 Å². The molecule has 0 saturated carbocycles. The van der Waals surface area contributed by atoms with E-state index >= 15 is 0 Å². The van der Waals surface area contributed by atoms with E-state index in [0.717, 1.165) is 12.0 Å². The van der Waals surface area contributed by atoms with Crippen LogP contribution in [0.3, 0.4) is 0 Å². The van der Waals surface area contributed by atoms with Crippen molar-refractivity contribution in [1.82, 2.24) is 0 Å². The molecule has 1 aliphatic heterocycles. The highest BCUT2D eigenvalue weighted by Gasteiger charge is 2.20. The predicted molar refractivity (Wildman–Crippen MR) is 79.8 cm³/mol. The first-order valence-electron chi connectivity index (χ1n) is 6.93. The third-order valence-electron chi connectivity index (χ3n) is 2.67. The summed E-state index contributed by atoms with van der Waals surface area (Å²) in [5.41, 5.74) is 0.818. The second-order valence-corrected chi connectivity index (χ2v) is 5.77. The second-order valence-electron chi connectivity index (χ2n) is 5.77. The third kappa shape index (κ3) is 5.29. The Balaban J connectivity index is 1.86. The minimum atomic E-state index is -0.451. The maximum atomic E-state index is 5.78. The summed E-state index contributed by atoms with van der Waals surface area (Å²) in [6.45, 7) is 5.81. The van der Waals surface area contributed by atoms with Crippen LogP contribution in [0.15, 0.2) is 48.6 Å². The van der Waals surface area contributed by atoms with Gasteiger partial charge in [0, 0.05) is 0 Å². The Morgan fingerprint density at radius 1 is 1.20 bits per heavy atom. The quantitative estimate of drug-likeness (QED) is 0.469. The zero-order valence-corrected chi connectivity index (χ0v) is 12.3. The molecule has 0 aromatic heterocycles. The van der Waals surface area contributed by atoms with Gasteiger partial charge in [-0.2, -0.15) is 4.89 Å². The van der Waals surface area contributed by atoms with Crippen LogP contribution in [-0.2, 0) is 14.5 Å². The van der Waals surface area contributed by atoms with Gasteiger partial charge in [0.15, 0.2) is 0 Å². The molecule has 1 aliphatic rings. The van der Waals surface area contributed by atoms with Crippen molar-refractivity contribution >= 4 is 6.08 Å². The molecule has 0 fully saturated rings. The van der Waals surface area contributed by atoms with E-state index in [1.807, 2.05) is 51.1 Å². The first-order chi connectivity index (χ1) is 9.53. The number of benzene rings is 1. The molecule has 2 atom stereocenters. The van der Waals surface area contributed by atoms with Crippen molar-refractivity contribution in [2.75, 3.05) is 0 Å². The fourth-order valence-corrected chi connectivity index (χ4v) is 1.75. The van der Waals surface area contributed by atoms with Crippen molar-refractivity contribution < 1.29 is 14.5 Å². The van der Waals surface area contributed by atoms with Gasteiger partial charge in [0.25, 0.3) is 0 Å². The highest BCUT2D eigenvalue weighted by molar-refractivity contribution is 5.49. The first-order valence-corrected chi connectivity index (χ1v) is 6.93. The highest BCUT2D eigenvalue weighted by atomic mass is 17.2. The van der Waals surface area contributed by atoms with E-state index in [1.54, 1.807) is 0 Å². The van der Waals surface area contributed by atoms with E-state index in [-0.39, 0.29) is 11.7 Å². The Morgan fingerprint density at radius 2 is 1.95 bits per heavy atom. The van der Waals surface area contributed by atoms with Gasteiger partial charge in [-0.1, -0.05) is 48.6 Å². The molecule has 3 heteroatoms. The fourth-order valence-electron chi connectivity index (χ4n) is 1.75. The van der Waals surface area contributed by atoms with E-state index in [1.165, 1.54) is 0 Å². The van der Waals surface area contributed by atoms with Crippen molar-refractivity contribution in [3.05, 3.63) is 54.1 Å². The lowest BCUT2D eigenvalue weighted by Gasteiger charge is -2.26. The maximum absolute atomic E-state index is 5.78. The van der Waals surface area contributed by atoms with Crippen LogP contribution in [0.4, 0.5) is 0 Å². The Kier molecular flexibility index (Phi) is 5.12. The largest absolute Gasteiger partial charge is 0.339 e. The number of rotatable bonds is 4. The molecule has 1 aromatic rings. The summed E-state index contributed by atoms with van der Waals surface area (Å²) in [4.78, 5) is 10.6. The monoisotopic (exact) mass is 274 g/mol. The maximum Gasteiger partial charge on any atom is 0.210 e. The van der Waals surface area contributed by atoms with E-state index in [4.69, 9.17) is 14.5 Å². The molecule has 0 bridgehead atoms. The standard InChI is InChI=1S/C17H22O3/c1-17(2,3)20-19-16-11-7-10-15(18-16)13-12-14-8-5-4-6-9-14/h4-9,11-13,15-16H,10H2,1-3H3/b13-12-. The molecular weight excluding hydrogens is 252 g/mol. The highest BCUT2D eigenvalue weighted by Crippen LogP contribution is 2.18. The van der Waals surface area contributed by atoms with Crippen LogP contribution < -0.4 is 0 Å². The first kappa shape index (κ1) is 15.0. The normalized spacial score (nSPS) is 23.4. The summed E-state index contributed by atoms with van der Waals surface area (Å²) in [5.74, 6) is 0. The minimum Gasteiger partial charge on any atom is -0.339 e. The summed E-state index contributed by atoms with van der Waals surface area (Å²) >= 11 is 0. The van der Waals surface area contributed by atoms with Gasteiger partial charge in [0.05, 0.1) is 11.7 Å². The van der Waals surface area contributed by atoms with Crippen LogP contribution in [0.5, 0.6) is 0 Å². The van der Waals surface area contributed by atoms with Gasteiger partial charge in [0.2, 0.25) is 6.29 Å². The Morgan fingerprint density at radius 3 is 2.65 bits per heavy atom. The van der Waals surface area contributed by atoms with Crippen LogP contribution in [0.2, 0.25) is 0 Å². The van der Waals surface area contributed by atoms with Gasteiger partial charge in [0.1, 0.15) is 0 Å². The van der Waals surface area contributed by atoms with Crippen LogP contribution in [-0.4, -0.2) is 18.0 Å². The smallest absolute Gasteiger partial charge is 0.210 e. The molecular formula is C17H22O3. The second kappa shape index (κ2) is 6.84. The van der Waals surface area contributed by atoms with Gasteiger partial charge < -0.3 is 4.74 Å². The molecule has 0 amide bonds. The molecule has 3 nitrogen and oxygen atoms in total. The molecule has 2 unspecified atom stereocenters. The van der Waals surface area contributed by atoms with Crippen molar-refractivity contribution in [3.63, 3.8) is 0 Å². The lowest BCUT2D eigenvalue weighted by molar-refractivity contribution is -0.408. The average Bonchev–Trinajstić information content (AvgIpc) is 2.44. The van der Waals surface area contributed by atoms with Gasteiger partial charge in [-0.3, -0.25) is 0 Å². The van der Waals surface area contributed by atoms with Crippen LogP contribution in [0.25, 0.3) is 6.08 Å². The molecule has 0 spiro atoms. The predicted octanol–water partition coefficient (Wildman–Crippen LogP) is 4.12. The molecule has 0 radical (unpaired) electrons. The molecule has 0 saturated heterocycles. The van der Waals surface area contributed by atoms with Gasteiger partial charge in [-0.15, -0.1) is 0 Å². The lowest BCUT2D eigenvalue weighted by atomic mass is 10.1. The summed E-state index contributed by atoms with van der Waals surface area (Å²) < 4.78 is 5.78. The zero-order chi connectivity index (χ0) is 14.4. The molecule has 0 aliphatic carbocycles. The Labute approximate surface area is 120 Å². The third-order valence-corrected chi connectivity index (χ3v) is 2.67.